The van der Waals surface area contributed by atoms with Gasteiger partial charge in [-0.15, -0.1) is 0 Å². The molecule has 1 aromatic rings. The highest BCUT2D eigenvalue weighted by molar-refractivity contribution is 6.39. The number of amides is 4. The van der Waals surface area contributed by atoms with Crippen molar-refractivity contribution in [3.63, 3.8) is 0 Å². The van der Waals surface area contributed by atoms with E-state index in [0.717, 1.165) is 12.3 Å². The summed E-state index contributed by atoms with van der Waals surface area (Å²) in [6.45, 7) is 5.62. The van der Waals surface area contributed by atoms with E-state index in [2.05, 4.69) is 20.9 Å². The first-order valence-corrected chi connectivity index (χ1v) is 8.99. The van der Waals surface area contributed by atoms with Crippen LogP contribution in [-0.4, -0.2) is 65.0 Å². The van der Waals surface area contributed by atoms with Crippen LogP contribution in [0.2, 0.25) is 0 Å². The van der Waals surface area contributed by atoms with Crippen LogP contribution in [0.3, 0.4) is 0 Å². The molecule has 1 aromatic heterocycles. The first-order chi connectivity index (χ1) is 13.6. The van der Waals surface area contributed by atoms with Crippen LogP contribution in [0, 0.1) is 5.82 Å². The molecule has 0 spiro atoms. The predicted molar refractivity (Wildman–Crippen MR) is 100 cm³/mol. The number of carbonyl (C=O) groups is 4. The van der Waals surface area contributed by atoms with Crippen molar-refractivity contribution >= 4 is 30.1 Å². The number of hydrogen-bond donors (Lipinski definition) is 3. The van der Waals surface area contributed by atoms with Crippen LogP contribution in [-0.2, 0) is 19.1 Å². The van der Waals surface area contributed by atoms with E-state index in [1.807, 2.05) is 0 Å². The third-order valence-electron chi connectivity index (χ3n) is 3.99. The number of alkyl carbamates (subject to hydrolysis) is 1. The van der Waals surface area contributed by atoms with E-state index in [4.69, 9.17) is 4.74 Å². The molecule has 2 rings (SSSR count). The molecule has 3 N–H and O–H groups in total. The zero-order valence-electron chi connectivity index (χ0n) is 16.4. The van der Waals surface area contributed by atoms with Crippen LogP contribution < -0.4 is 16.0 Å². The predicted octanol–water partition coefficient (Wildman–Crippen LogP) is 0.399. The average Bonchev–Trinajstić information content (AvgIpc) is 2.63. The molecule has 0 unspecified atom stereocenters. The summed E-state index contributed by atoms with van der Waals surface area (Å²) in [5.74, 6) is -2.49. The number of anilines is 1. The summed E-state index contributed by atoms with van der Waals surface area (Å²) in [6, 6.07) is 1.06. The minimum Gasteiger partial charge on any atom is -0.444 e. The van der Waals surface area contributed by atoms with Gasteiger partial charge in [0.1, 0.15) is 17.2 Å². The minimum absolute atomic E-state index is 0.0192. The van der Waals surface area contributed by atoms with Crippen molar-refractivity contribution in [2.45, 2.75) is 44.9 Å². The Labute approximate surface area is 167 Å². The van der Waals surface area contributed by atoms with E-state index >= 15 is 0 Å². The highest BCUT2D eigenvalue weighted by Gasteiger charge is 2.33. The normalized spacial score (nSPS) is 19.1. The van der Waals surface area contributed by atoms with Crippen LogP contribution in [0.25, 0.3) is 0 Å². The first kappa shape index (κ1) is 22.1. The van der Waals surface area contributed by atoms with Crippen LogP contribution >= 0.6 is 0 Å². The van der Waals surface area contributed by atoms with Gasteiger partial charge in [0, 0.05) is 13.1 Å². The Hall–Kier alpha value is -3.24. The number of ether oxygens (including phenoxy) is 1. The van der Waals surface area contributed by atoms with Crippen molar-refractivity contribution < 1.29 is 28.3 Å². The third kappa shape index (κ3) is 7.01. The fraction of sp³-hybridized carbons (Fsp3) is 0.500. The van der Waals surface area contributed by atoms with Crippen molar-refractivity contribution in [1.82, 2.24) is 20.5 Å². The molecule has 0 aromatic carbocycles. The molecule has 1 aliphatic rings. The Morgan fingerprint density at radius 2 is 1.93 bits per heavy atom. The van der Waals surface area contributed by atoms with Crippen molar-refractivity contribution in [2.24, 2.45) is 0 Å². The molecule has 1 fully saturated rings. The minimum atomic E-state index is -0.988. The van der Waals surface area contributed by atoms with Gasteiger partial charge in [0.15, 0.2) is 0 Å². The van der Waals surface area contributed by atoms with Gasteiger partial charge in [0.25, 0.3) is 0 Å². The van der Waals surface area contributed by atoms with Crippen LogP contribution in [0.4, 0.5) is 15.0 Å². The van der Waals surface area contributed by atoms with E-state index in [-0.39, 0.29) is 12.4 Å². The third-order valence-corrected chi connectivity index (χ3v) is 3.99. The molecule has 0 aliphatic carbocycles. The number of likely N-dealkylation sites (tertiary alicyclic amines) is 1. The molecule has 0 bridgehead atoms. The largest absolute Gasteiger partial charge is 0.444 e. The molecular weight excluding hydrogens is 385 g/mol. The number of hydrogen-bond acceptors (Lipinski definition) is 6. The Morgan fingerprint density at radius 1 is 1.21 bits per heavy atom. The number of nitrogens with one attached hydrogen (secondary N) is 3. The zero-order valence-corrected chi connectivity index (χ0v) is 16.4. The lowest BCUT2D eigenvalue weighted by Gasteiger charge is -2.37. The second-order valence-corrected chi connectivity index (χ2v) is 7.54. The number of nitrogens with zero attached hydrogens (tertiary/aromatic N) is 2. The van der Waals surface area contributed by atoms with Gasteiger partial charge in [-0.25, -0.2) is 14.2 Å². The van der Waals surface area contributed by atoms with Crippen molar-refractivity contribution in [3.05, 3.63) is 24.1 Å². The monoisotopic (exact) mass is 409 g/mol. The summed E-state index contributed by atoms with van der Waals surface area (Å²) in [5.41, 5.74) is -0.718. The molecule has 2 atom stereocenters. The van der Waals surface area contributed by atoms with E-state index < -0.39 is 41.4 Å². The number of aromatic nitrogens is 1. The molecule has 4 amide bonds. The van der Waals surface area contributed by atoms with Gasteiger partial charge in [-0.3, -0.25) is 14.4 Å². The lowest BCUT2D eigenvalue weighted by molar-refractivity contribution is -0.137. The molecule has 29 heavy (non-hydrogen) atoms. The summed E-state index contributed by atoms with van der Waals surface area (Å²) in [5, 5.41) is 7.43. The highest BCUT2D eigenvalue weighted by atomic mass is 19.1. The number of pyridine rings is 1. The zero-order chi connectivity index (χ0) is 21.6. The fourth-order valence-corrected chi connectivity index (χ4v) is 2.71. The Bertz CT molecular complexity index is 765. The topological polar surface area (TPSA) is 130 Å². The van der Waals surface area contributed by atoms with Crippen LogP contribution in [0.1, 0.15) is 27.2 Å². The van der Waals surface area contributed by atoms with Crippen molar-refractivity contribution in [1.29, 1.82) is 0 Å². The van der Waals surface area contributed by atoms with Crippen LogP contribution in [0.5, 0.6) is 0 Å². The first-order valence-electron chi connectivity index (χ1n) is 8.99. The molecule has 11 heteroatoms. The number of halogens is 1. The van der Waals surface area contributed by atoms with Gasteiger partial charge in [-0.05, 0) is 39.3 Å². The molecule has 1 saturated heterocycles. The lowest BCUT2D eigenvalue weighted by Crippen LogP contribution is -2.61. The average molecular weight is 409 g/mol. The summed E-state index contributed by atoms with van der Waals surface area (Å²) in [7, 11) is 0. The molecule has 10 nitrogen and oxygen atoms in total. The van der Waals surface area contributed by atoms with E-state index in [1.54, 1.807) is 20.8 Å². The summed E-state index contributed by atoms with van der Waals surface area (Å²) < 4.78 is 18.1. The van der Waals surface area contributed by atoms with Gasteiger partial charge in [0.2, 0.25) is 6.41 Å². The SMILES string of the molecule is CC(C)(C)OC(=O)N[C@@H]1CN(C=O)CC[C@@H]1NC(=O)C(=O)Nc1ccc(F)cn1. The molecule has 0 saturated carbocycles. The second kappa shape index (κ2) is 9.30. The lowest BCUT2D eigenvalue weighted by atomic mass is 9.99. The van der Waals surface area contributed by atoms with Crippen molar-refractivity contribution in [3.8, 4) is 0 Å². The summed E-state index contributed by atoms with van der Waals surface area (Å²) in [4.78, 5) is 52.6. The fourth-order valence-electron chi connectivity index (χ4n) is 2.71. The standard InChI is InChI=1S/C18H24FN5O5/c1-18(2,3)29-17(28)22-13-9-24(10-25)7-6-12(13)21-15(26)16(27)23-14-5-4-11(19)8-20-14/h4-5,8,10,12-13H,6-7,9H2,1-3H3,(H,21,26)(H,22,28)(H,20,23,27)/t12-,13+/m0/s1. The molecular formula is C18H24FN5O5. The van der Waals surface area contributed by atoms with Gasteiger partial charge in [0.05, 0.1) is 18.3 Å². The maximum absolute atomic E-state index is 12.9. The van der Waals surface area contributed by atoms with E-state index in [9.17, 15) is 23.6 Å². The maximum atomic E-state index is 12.9. The smallest absolute Gasteiger partial charge is 0.408 e. The maximum Gasteiger partial charge on any atom is 0.408 e. The molecule has 158 valence electrons. The van der Waals surface area contributed by atoms with Gasteiger partial charge < -0.3 is 25.6 Å². The number of carbonyl (C=O) groups excluding carboxylic acids is 4. The molecule has 2 heterocycles. The van der Waals surface area contributed by atoms with Crippen molar-refractivity contribution in [2.75, 3.05) is 18.4 Å². The van der Waals surface area contributed by atoms with E-state index in [0.29, 0.717) is 19.4 Å². The van der Waals surface area contributed by atoms with Gasteiger partial charge >= 0.3 is 17.9 Å². The Morgan fingerprint density at radius 3 is 2.52 bits per heavy atom. The Kier molecular flexibility index (Phi) is 7.08. The van der Waals surface area contributed by atoms with E-state index in [1.165, 1.54) is 11.0 Å². The van der Waals surface area contributed by atoms with Gasteiger partial charge in [-0.1, -0.05) is 0 Å². The molecule has 0 radical (unpaired) electrons. The van der Waals surface area contributed by atoms with Gasteiger partial charge in [-0.2, -0.15) is 0 Å². The highest BCUT2D eigenvalue weighted by Crippen LogP contribution is 2.13. The molecule has 1 aliphatic heterocycles. The van der Waals surface area contributed by atoms with Crippen LogP contribution in [0.15, 0.2) is 18.3 Å². The number of rotatable bonds is 4. The second-order valence-electron chi connectivity index (χ2n) is 7.54. The summed E-state index contributed by atoms with van der Waals surface area (Å²) in [6.07, 6.45) is 1.18. The Balaban J connectivity index is 1.99. The quantitative estimate of drug-likeness (QED) is 0.488. The number of piperidine rings is 1. The summed E-state index contributed by atoms with van der Waals surface area (Å²) >= 11 is 0.